The van der Waals surface area contributed by atoms with Gasteiger partial charge >= 0.3 is 0 Å². The summed E-state index contributed by atoms with van der Waals surface area (Å²) in [5.41, 5.74) is 7.44. The molecule has 0 fully saturated rings. The summed E-state index contributed by atoms with van der Waals surface area (Å²) >= 11 is 0. The van der Waals surface area contributed by atoms with Crippen LogP contribution in [0, 0.1) is 0 Å². The molecule has 3 aromatic rings. The van der Waals surface area contributed by atoms with E-state index in [1.807, 2.05) is 19.2 Å². The van der Waals surface area contributed by atoms with Crippen LogP contribution in [-0.2, 0) is 7.05 Å². The van der Waals surface area contributed by atoms with Crippen molar-refractivity contribution in [1.29, 1.82) is 0 Å². The van der Waals surface area contributed by atoms with Crippen LogP contribution in [0.1, 0.15) is 0 Å². The average molecular weight is 226 g/mol. The van der Waals surface area contributed by atoms with Gasteiger partial charge in [0.15, 0.2) is 11.5 Å². The second-order valence-corrected chi connectivity index (χ2v) is 3.68. The molecule has 6 heteroatoms. The highest BCUT2D eigenvalue weighted by Crippen LogP contribution is 2.21. The molecule has 0 amide bonds. The van der Waals surface area contributed by atoms with Gasteiger partial charge in [0.25, 0.3) is 0 Å². The van der Waals surface area contributed by atoms with Gasteiger partial charge in [-0.05, 0) is 12.1 Å². The molecule has 3 aromatic heterocycles. The fourth-order valence-corrected chi connectivity index (χ4v) is 1.67. The first-order chi connectivity index (χ1) is 8.25. The van der Waals surface area contributed by atoms with Gasteiger partial charge in [-0.1, -0.05) is 0 Å². The molecule has 0 atom stereocenters. The second-order valence-electron chi connectivity index (χ2n) is 3.68. The van der Waals surface area contributed by atoms with Gasteiger partial charge in [-0.3, -0.25) is 9.67 Å². The Balaban J connectivity index is 2.28. The molecule has 0 saturated carbocycles. The fraction of sp³-hybridized carbons (Fsp3) is 0.0909. The Morgan fingerprint density at radius 3 is 2.88 bits per heavy atom. The zero-order valence-electron chi connectivity index (χ0n) is 9.20. The minimum absolute atomic E-state index is 0.432. The maximum Gasteiger partial charge on any atom is 0.165 e. The molecule has 3 heterocycles. The largest absolute Gasteiger partial charge is 0.383 e. The van der Waals surface area contributed by atoms with Crippen LogP contribution in [0.4, 0.5) is 5.82 Å². The Bertz CT molecular complexity index is 673. The van der Waals surface area contributed by atoms with Crippen molar-refractivity contribution in [2.45, 2.75) is 0 Å². The summed E-state index contributed by atoms with van der Waals surface area (Å²) in [4.78, 5) is 12.7. The number of nitrogens with zero attached hydrogens (tertiary/aromatic N) is 5. The highest BCUT2D eigenvalue weighted by molar-refractivity contribution is 5.86. The van der Waals surface area contributed by atoms with Crippen LogP contribution in [0.3, 0.4) is 0 Å². The van der Waals surface area contributed by atoms with E-state index in [-0.39, 0.29) is 0 Å². The van der Waals surface area contributed by atoms with Crippen molar-refractivity contribution >= 4 is 16.9 Å². The average Bonchev–Trinajstić information content (AvgIpc) is 2.73. The summed E-state index contributed by atoms with van der Waals surface area (Å²) in [7, 11) is 1.82. The standard InChI is InChI=1S/C11H10N6/c1-17-11-8(6-14-17)9(12)15-10(16-11)7-3-2-4-13-5-7/h2-6H,1H3,(H2,12,15,16). The van der Waals surface area contributed by atoms with Crippen molar-refractivity contribution in [3.8, 4) is 11.4 Å². The minimum atomic E-state index is 0.432. The molecule has 0 radical (unpaired) electrons. The van der Waals surface area contributed by atoms with E-state index in [1.54, 1.807) is 23.3 Å². The molecular formula is C11H10N6. The molecule has 0 bridgehead atoms. The lowest BCUT2D eigenvalue weighted by molar-refractivity contribution is 0.786. The van der Waals surface area contributed by atoms with Crippen LogP contribution in [0.15, 0.2) is 30.7 Å². The number of anilines is 1. The first-order valence-electron chi connectivity index (χ1n) is 5.11. The molecular weight excluding hydrogens is 216 g/mol. The smallest absolute Gasteiger partial charge is 0.165 e. The van der Waals surface area contributed by atoms with Crippen molar-refractivity contribution in [2.75, 3.05) is 5.73 Å². The maximum atomic E-state index is 5.88. The molecule has 6 nitrogen and oxygen atoms in total. The molecule has 0 unspecified atom stereocenters. The molecule has 2 N–H and O–H groups in total. The zero-order valence-corrected chi connectivity index (χ0v) is 9.20. The summed E-state index contributed by atoms with van der Waals surface area (Å²) in [5, 5.41) is 4.87. The number of aryl methyl sites for hydroxylation is 1. The van der Waals surface area contributed by atoms with Crippen LogP contribution in [0.2, 0.25) is 0 Å². The summed E-state index contributed by atoms with van der Waals surface area (Å²) in [6.45, 7) is 0. The van der Waals surface area contributed by atoms with Gasteiger partial charge in [0.05, 0.1) is 11.6 Å². The van der Waals surface area contributed by atoms with Gasteiger partial charge in [-0.15, -0.1) is 0 Å². The fourth-order valence-electron chi connectivity index (χ4n) is 1.67. The molecule has 3 rings (SSSR count). The van der Waals surface area contributed by atoms with Crippen LogP contribution in [0.5, 0.6) is 0 Å². The zero-order chi connectivity index (χ0) is 11.8. The van der Waals surface area contributed by atoms with Crippen molar-refractivity contribution < 1.29 is 0 Å². The Morgan fingerprint density at radius 2 is 2.12 bits per heavy atom. The van der Waals surface area contributed by atoms with E-state index in [2.05, 4.69) is 20.1 Å². The highest BCUT2D eigenvalue weighted by Gasteiger charge is 2.10. The molecule has 0 aromatic carbocycles. The Hall–Kier alpha value is -2.50. The molecule has 0 aliphatic heterocycles. The number of hydrogen-bond acceptors (Lipinski definition) is 5. The number of aromatic nitrogens is 5. The Kier molecular flexibility index (Phi) is 2.01. The molecule has 0 aliphatic rings. The van der Waals surface area contributed by atoms with Crippen molar-refractivity contribution in [1.82, 2.24) is 24.7 Å². The maximum absolute atomic E-state index is 5.88. The number of nitrogen functional groups attached to an aromatic ring is 1. The summed E-state index contributed by atoms with van der Waals surface area (Å²) in [6.07, 6.45) is 5.07. The van der Waals surface area contributed by atoms with E-state index in [4.69, 9.17) is 5.73 Å². The Labute approximate surface area is 97.1 Å². The van der Waals surface area contributed by atoms with E-state index in [1.165, 1.54) is 0 Å². The van der Waals surface area contributed by atoms with Crippen LogP contribution < -0.4 is 5.73 Å². The quantitative estimate of drug-likeness (QED) is 0.669. The van der Waals surface area contributed by atoms with Crippen LogP contribution >= 0.6 is 0 Å². The first kappa shape index (κ1) is 9.71. The molecule has 17 heavy (non-hydrogen) atoms. The highest BCUT2D eigenvalue weighted by atomic mass is 15.3. The van der Waals surface area contributed by atoms with Gasteiger partial charge in [0.1, 0.15) is 5.82 Å². The van der Waals surface area contributed by atoms with E-state index in [0.717, 1.165) is 16.6 Å². The normalized spacial score (nSPS) is 10.9. The SMILES string of the molecule is Cn1ncc2c(N)nc(-c3cccnc3)nc21. The Morgan fingerprint density at radius 1 is 1.24 bits per heavy atom. The topological polar surface area (TPSA) is 82.5 Å². The molecule has 0 spiro atoms. The summed E-state index contributed by atoms with van der Waals surface area (Å²) in [5.74, 6) is 0.994. The molecule has 84 valence electrons. The van der Waals surface area contributed by atoms with Gasteiger partial charge < -0.3 is 5.73 Å². The monoisotopic (exact) mass is 226 g/mol. The van der Waals surface area contributed by atoms with Gasteiger partial charge in [0, 0.05) is 25.0 Å². The number of nitrogens with two attached hydrogens (primary N) is 1. The number of fused-ring (bicyclic) bond motifs is 1. The van der Waals surface area contributed by atoms with Crippen molar-refractivity contribution in [3.05, 3.63) is 30.7 Å². The van der Waals surface area contributed by atoms with E-state index < -0.39 is 0 Å². The van der Waals surface area contributed by atoms with E-state index in [9.17, 15) is 0 Å². The van der Waals surface area contributed by atoms with Crippen molar-refractivity contribution in [3.63, 3.8) is 0 Å². The second kappa shape index (κ2) is 3.51. The molecule has 0 saturated heterocycles. The van der Waals surface area contributed by atoms with Gasteiger partial charge in [-0.25, -0.2) is 9.97 Å². The van der Waals surface area contributed by atoms with Crippen LogP contribution in [-0.4, -0.2) is 24.7 Å². The lowest BCUT2D eigenvalue weighted by atomic mass is 10.2. The summed E-state index contributed by atoms with van der Waals surface area (Å²) in [6, 6.07) is 3.73. The number of rotatable bonds is 1. The predicted molar refractivity (Wildman–Crippen MR) is 63.9 cm³/mol. The van der Waals surface area contributed by atoms with E-state index >= 15 is 0 Å². The van der Waals surface area contributed by atoms with Gasteiger partial charge in [-0.2, -0.15) is 5.10 Å². The van der Waals surface area contributed by atoms with Crippen LogP contribution in [0.25, 0.3) is 22.4 Å². The number of hydrogen-bond donors (Lipinski definition) is 1. The minimum Gasteiger partial charge on any atom is -0.383 e. The van der Waals surface area contributed by atoms with E-state index in [0.29, 0.717) is 11.6 Å². The number of pyridine rings is 1. The lowest BCUT2D eigenvalue weighted by Crippen LogP contribution is -1.99. The third-order valence-electron chi connectivity index (χ3n) is 2.54. The van der Waals surface area contributed by atoms with Crippen molar-refractivity contribution in [2.24, 2.45) is 7.05 Å². The third kappa shape index (κ3) is 1.50. The lowest BCUT2D eigenvalue weighted by Gasteiger charge is -2.02. The first-order valence-corrected chi connectivity index (χ1v) is 5.11. The summed E-state index contributed by atoms with van der Waals surface area (Å²) < 4.78 is 1.67. The van der Waals surface area contributed by atoms with Gasteiger partial charge in [0.2, 0.25) is 0 Å². The third-order valence-corrected chi connectivity index (χ3v) is 2.54. The molecule has 0 aliphatic carbocycles. The predicted octanol–water partition coefficient (Wildman–Crippen LogP) is 1.01.